The number of nitrogens with one attached hydrogen (secondary N) is 2. The number of rotatable bonds is 10. The Morgan fingerprint density at radius 2 is 1.53 bits per heavy atom. The summed E-state index contributed by atoms with van der Waals surface area (Å²) >= 11 is 0. The number of esters is 1. The van der Waals surface area contributed by atoms with Gasteiger partial charge in [-0.15, -0.1) is 0 Å². The van der Waals surface area contributed by atoms with Gasteiger partial charge >= 0.3 is 24.0 Å². The molecule has 2 amide bonds. The Morgan fingerprint density at radius 1 is 0.921 bits per heavy atom. The molecular formula is C20H16F7N3O7S. The highest BCUT2D eigenvalue weighted by atomic mass is 32.2. The lowest BCUT2D eigenvalue weighted by Crippen LogP contribution is -2.54. The van der Waals surface area contributed by atoms with Crippen LogP contribution < -0.4 is 14.8 Å². The van der Waals surface area contributed by atoms with Crippen molar-refractivity contribution < 1.29 is 63.0 Å². The monoisotopic (exact) mass is 575 g/mol. The van der Waals surface area contributed by atoms with Crippen molar-refractivity contribution in [2.45, 2.75) is 22.9 Å². The number of aromatic nitrogens is 1. The summed E-state index contributed by atoms with van der Waals surface area (Å²) in [6.45, 7) is -2.82. The van der Waals surface area contributed by atoms with Crippen molar-refractivity contribution in [1.82, 2.24) is 15.0 Å². The Balaban J connectivity index is 2.03. The van der Waals surface area contributed by atoms with Crippen LogP contribution in [0.2, 0.25) is 0 Å². The summed E-state index contributed by atoms with van der Waals surface area (Å²) in [5.41, 5.74) is -0.534. The number of benzene rings is 1. The van der Waals surface area contributed by atoms with Crippen LogP contribution in [0.25, 0.3) is 0 Å². The second-order valence-electron chi connectivity index (χ2n) is 7.16. The molecule has 0 saturated carbocycles. The van der Waals surface area contributed by atoms with Crippen molar-refractivity contribution in [3.05, 3.63) is 53.9 Å². The Kier molecular flexibility index (Phi) is 8.92. The van der Waals surface area contributed by atoms with Gasteiger partial charge in [0, 0.05) is 6.20 Å². The Labute approximate surface area is 209 Å². The van der Waals surface area contributed by atoms with Crippen LogP contribution in [0.3, 0.4) is 0 Å². The third kappa shape index (κ3) is 7.08. The smallest absolute Gasteiger partial charge is 0.460 e. The normalized spacial score (nSPS) is 12.4. The Hall–Kier alpha value is -3.96. The molecule has 0 radical (unpaired) electrons. The first-order chi connectivity index (χ1) is 17.4. The highest BCUT2D eigenvalue weighted by molar-refractivity contribution is 7.90. The van der Waals surface area contributed by atoms with Gasteiger partial charge in [0.05, 0.1) is 17.6 Å². The van der Waals surface area contributed by atoms with Crippen LogP contribution in [-0.4, -0.2) is 69.5 Å². The molecule has 0 unspecified atom stereocenters. The number of amides is 2. The highest BCUT2D eigenvalue weighted by Gasteiger charge is 2.73. The lowest BCUT2D eigenvalue weighted by atomic mass is 10.2. The number of sulfonamides is 1. The van der Waals surface area contributed by atoms with E-state index in [0.717, 1.165) is 25.4 Å². The minimum Gasteiger partial charge on any atom is -0.487 e. The standard InChI is InChI=1S/C20H16F7N3O7S/c1-36-15(31)9-29-17(33)14-7-2-11(8-28-14)16(32)30-38(34,35)13-5-3-12(4-6-13)37-10-18(21,22)19(23,24)20(25,26)27/h2-8H,9-10H2,1H3,(H,29,33)(H,30,32). The van der Waals surface area contributed by atoms with E-state index >= 15 is 0 Å². The molecule has 208 valence electrons. The first-order valence-electron chi connectivity index (χ1n) is 9.85. The maximum Gasteiger partial charge on any atom is 0.460 e. The molecule has 1 heterocycles. The molecule has 2 aromatic rings. The summed E-state index contributed by atoms with van der Waals surface area (Å²) in [7, 11) is -3.49. The van der Waals surface area contributed by atoms with Crippen LogP contribution in [0.4, 0.5) is 30.7 Å². The first kappa shape index (κ1) is 30.3. The van der Waals surface area contributed by atoms with E-state index in [1.54, 1.807) is 4.72 Å². The number of pyridine rings is 1. The van der Waals surface area contributed by atoms with Crippen molar-refractivity contribution in [3.8, 4) is 5.75 Å². The van der Waals surface area contributed by atoms with Gasteiger partial charge in [0.1, 0.15) is 18.0 Å². The van der Waals surface area contributed by atoms with E-state index in [0.29, 0.717) is 24.3 Å². The zero-order chi connectivity index (χ0) is 28.9. The fraction of sp³-hybridized carbons (Fsp3) is 0.300. The lowest BCUT2D eigenvalue weighted by Gasteiger charge is -2.27. The minimum absolute atomic E-state index is 0.220. The van der Waals surface area contributed by atoms with Gasteiger partial charge in [-0.25, -0.2) is 13.1 Å². The molecular weight excluding hydrogens is 559 g/mol. The molecule has 2 rings (SSSR count). The van der Waals surface area contributed by atoms with Crippen molar-refractivity contribution in [3.63, 3.8) is 0 Å². The van der Waals surface area contributed by atoms with Gasteiger partial charge in [-0.2, -0.15) is 30.7 Å². The van der Waals surface area contributed by atoms with Gasteiger partial charge in [0.2, 0.25) is 0 Å². The summed E-state index contributed by atoms with van der Waals surface area (Å²) in [6, 6.07) is 4.88. The third-order valence-electron chi connectivity index (χ3n) is 4.48. The molecule has 0 saturated heterocycles. The van der Waals surface area contributed by atoms with Gasteiger partial charge in [0.25, 0.3) is 21.8 Å². The van der Waals surface area contributed by atoms with Gasteiger partial charge in [-0.3, -0.25) is 19.4 Å². The number of carbonyl (C=O) groups excluding carboxylic acids is 3. The SMILES string of the molecule is COC(=O)CNC(=O)c1ccc(C(=O)NS(=O)(=O)c2ccc(OCC(F)(F)C(F)(F)C(F)(F)F)cc2)cn1. The lowest BCUT2D eigenvalue weighted by molar-refractivity contribution is -0.358. The van der Waals surface area contributed by atoms with Crippen LogP contribution in [0.5, 0.6) is 5.75 Å². The molecule has 1 aromatic heterocycles. The largest absolute Gasteiger partial charge is 0.487 e. The molecule has 2 N–H and O–H groups in total. The fourth-order valence-corrected chi connectivity index (χ4v) is 3.38. The number of ether oxygens (including phenoxy) is 2. The third-order valence-corrected chi connectivity index (χ3v) is 5.82. The number of alkyl halides is 7. The van der Waals surface area contributed by atoms with E-state index in [4.69, 9.17) is 0 Å². The second-order valence-corrected chi connectivity index (χ2v) is 8.84. The fourth-order valence-electron chi connectivity index (χ4n) is 2.40. The molecule has 38 heavy (non-hydrogen) atoms. The number of hydrogen-bond donors (Lipinski definition) is 2. The predicted molar refractivity (Wildman–Crippen MR) is 111 cm³/mol. The quantitative estimate of drug-likeness (QED) is 0.325. The van der Waals surface area contributed by atoms with Crippen LogP contribution in [0.1, 0.15) is 20.8 Å². The van der Waals surface area contributed by atoms with Gasteiger partial charge in [-0.1, -0.05) is 0 Å². The number of methoxy groups -OCH3 is 1. The maximum atomic E-state index is 13.3. The van der Waals surface area contributed by atoms with Crippen LogP contribution >= 0.6 is 0 Å². The minimum atomic E-state index is -6.54. The van der Waals surface area contributed by atoms with Crippen molar-refractivity contribution in [2.75, 3.05) is 20.3 Å². The highest BCUT2D eigenvalue weighted by Crippen LogP contribution is 2.46. The summed E-state index contributed by atoms with van der Waals surface area (Å²) in [5, 5.41) is 2.18. The maximum absolute atomic E-state index is 13.3. The van der Waals surface area contributed by atoms with E-state index in [9.17, 15) is 53.5 Å². The van der Waals surface area contributed by atoms with Crippen LogP contribution in [-0.2, 0) is 19.6 Å². The molecule has 0 fully saturated rings. The molecule has 0 aliphatic carbocycles. The summed E-state index contributed by atoms with van der Waals surface area (Å²) in [6.07, 6.45) is -5.69. The average Bonchev–Trinajstić information content (AvgIpc) is 2.85. The Morgan fingerprint density at radius 3 is 2.03 bits per heavy atom. The van der Waals surface area contributed by atoms with Crippen molar-refractivity contribution in [1.29, 1.82) is 0 Å². The molecule has 1 aromatic carbocycles. The molecule has 0 atom stereocenters. The number of carbonyl (C=O) groups is 3. The van der Waals surface area contributed by atoms with E-state index in [1.807, 2.05) is 0 Å². The molecule has 0 aliphatic rings. The van der Waals surface area contributed by atoms with E-state index < -0.39 is 69.6 Å². The molecule has 0 spiro atoms. The first-order valence-corrected chi connectivity index (χ1v) is 11.3. The predicted octanol–water partition coefficient (Wildman–Crippen LogP) is 2.31. The summed E-state index contributed by atoms with van der Waals surface area (Å²) < 4.78 is 124. The van der Waals surface area contributed by atoms with Crippen LogP contribution in [0, 0.1) is 0 Å². The van der Waals surface area contributed by atoms with Gasteiger partial charge in [0.15, 0.2) is 6.61 Å². The molecule has 0 aliphatic heterocycles. The number of nitrogens with zero attached hydrogens (tertiary/aromatic N) is 1. The molecule has 0 bridgehead atoms. The van der Waals surface area contributed by atoms with Gasteiger partial charge < -0.3 is 14.8 Å². The summed E-state index contributed by atoms with van der Waals surface area (Å²) in [4.78, 5) is 38.2. The zero-order valence-electron chi connectivity index (χ0n) is 18.8. The molecule has 18 heteroatoms. The second kappa shape index (κ2) is 11.2. The average molecular weight is 575 g/mol. The van der Waals surface area contributed by atoms with E-state index in [-0.39, 0.29) is 11.3 Å². The number of hydrogen-bond acceptors (Lipinski definition) is 8. The zero-order valence-corrected chi connectivity index (χ0v) is 19.6. The number of halogens is 7. The topological polar surface area (TPSA) is 141 Å². The van der Waals surface area contributed by atoms with Crippen molar-refractivity contribution >= 4 is 27.8 Å². The molecule has 10 nitrogen and oxygen atoms in total. The van der Waals surface area contributed by atoms with Crippen molar-refractivity contribution in [2.24, 2.45) is 0 Å². The summed E-state index contributed by atoms with van der Waals surface area (Å²) in [5.74, 6) is -15.4. The van der Waals surface area contributed by atoms with Gasteiger partial charge in [-0.05, 0) is 36.4 Å². The van der Waals surface area contributed by atoms with Crippen LogP contribution in [0.15, 0.2) is 47.5 Å². The van der Waals surface area contributed by atoms with E-state index in [2.05, 4.69) is 19.8 Å². The Bertz CT molecular complexity index is 1280. The van der Waals surface area contributed by atoms with E-state index in [1.165, 1.54) is 0 Å².